The van der Waals surface area contributed by atoms with Crippen LogP contribution < -0.4 is 9.47 Å². The molecule has 0 radical (unpaired) electrons. The molecule has 0 amide bonds. The Labute approximate surface area is 142 Å². The molecule has 110 valence electrons. The molecule has 3 rings (SSSR count). The second kappa shape index (κ2) is 5.44. The standard InChI is InChI=1S/C15H10Cl4O2/c1-6-3-7(2)5-8(4-6)15-20-13-11(18)9(16)10(17)12(19)14(13)21-15/h3-5,15H,1-2H3. The van der Waals surface area contributed by atoms with Crippen LogP contribution >= 0.6 is 46.4 Å². The van der Waals surface area contributed by atoms with E-state index < -0.39 is 6.29 Å². The van der Waals surface area contributed by atoms with Crippen molar-refractivity contribution < 1.29 is 9.47 Å². The van der Waals surface area contributed by atoms with Gasteiger partial charge in [-0.1, -0.05) is 63.6 Å². The molecule has 0 unspecified atom stereocenters. The zero-order chi connectivity index (χ0) is 15.3. The summed E-state index contributed by atoms with van der Waals surface area (Å²) in [6.07, 6.45) is -0.622. The Morgan fingerprint density at radius 1 is 0.714 bits per heavy atom. The smallest absolute Gasteiger partial charge is 0.268 e. The molecule has 2 aromatic rings. The van der Waals surface area contributed by atoms with E-state index in [2.05, 4.69) is 6.07 Å². The normalized spacial score (nSPS) is 13.8. The number of fused-ring (bicyclic) bond motifs is 1. The van der Waals surface area contributed by atoms with E-state index in [0.29, 0.717) is 11.5 Å². The van der Waals surface area contributed by atoms with Crippen molar-refractivity contribution in [2.24, 2.45) is 0 Å². The summed E-state index contributed by atoms with van der Waals surface area (Å²) >= 11 is 24.4. The second-order valence-electron chi connectivity index (χ2n) is 4.90. The zero-order valence-corrected chi connectivity index (χ0v) is 14.2. The molecule has 1 aliphatic rings. The first-order valence-corrected chi connectivity index (χ1v) is 7.67. The predicted octanol–water partition coefficient (Wildman–Crippen LogP) is 6.39. The Hall–Kier alpha value is -0.800. The first-order chi connectivity index (χ1) is 9.88. The van der Waals surface area contributed by atoms with Crippen LogP contribution in [0.5, 0.6) is 11.5 Å². The third kappa shape index (κ3) is 2.55. The van der Waals surface area contributed by atoms with Crippen molar-refractivity contribution in [3.63, 3.8) is 0 Å². The van der Waals surface area contributed by atoms with Gasteiger partial charge in [0.25, 0.3) is 6.29 Å². The first-order valence-electron chi connectivity index (χ1n) is 6.16. The van der Waals surface area contributed by atoms with Gasteiger partial charge in [0.15, 0.2) is 11.5 Å². The van der Waals surface area contributed by atoms with Gasteiger partial charge in [0.1, 0.15) is 10.0 Å². The maximum absolute atomic E-state index is 6.15. The fourth-order valence-corrected chi connectivity index (χ4v) is 3.23. The minimum atomic E-state index is -0.622. The van der Waals surface area contributed by atoms with Crippen LogP contribution in [0.2, 0.25) is 20.1 Å². The summed E-state index contributed by atoms with van der Waals surface area (Å²) in [4.78, 5) is 0. The van der Waals surface area contributed by atoms with Crippen molar-refractivity contribution in [2.45, 2.75) is 20.1 Å². The Balaban J connectivity index is 2.05. The van der Waals surface area contributed by atoms with Crippen molar-refractivity contribution in [3.8, 4) is 11.5 Å². The van der Waals surface area contributed by atoms with E-state index in [1.54, 1.807) is 0 Å². The predicted molar refractivity (Wildman–Crippen MR) is 86.4 cm³/mol. The third-order valence-electron chi connectivity index (χ3n) is 3.15. The number of hydrogen-bond acceptors (Lipinski definition) is 2. The number of halogens is 4. The zero-order valence-electron chi connectivity index (χ0n) is 11.1. The molecular weight excluding hydrogens is 354 g/mol. The molecule has 1 heterocycles. The van der Waals surface area contributed by atoms with Gasteiger partial charge in [-0.25, -0.2) is 0 Å². The molecule has 2 nitrogen and oxygen atoms in total. The SMILES string of the molecule is Cc1cc(C)cc(C2Oc3c(Cl)c(Cl)c(Cl)c(Cl)c3O2)c1. The highest BCUT2D eigenvalue weighted by atomic mass is 35.5. The molecule has 0 bridgehead atoms. The van der Waals surface area contributed by atoms with Gasteiger partial charge in [0.05, 0.1) is 10.0 Å². The average molecular weight is 364 g/mol. The summed E-state index contributed by atoms with van der Waals surface area (Å²) < 4.78 is 11.5. The lowest BCUT2D eigenvalue weighted by molar-refractivity contribution is 0.0487. The maximum Gasteiger partial charge on any atom is 0.268 e. The van der Waals surface area contributed by atoms with Crippen molar-refractivity contribution in [1.82, 2.24) is 0 Å². The summed E-state index contributed by atoms with van der Waals surface area (Å²) in [6, 6.07) is 6.03. The maximum atomic E-state index is 6.15. The largest absolute Gasteiger partial charge is 0.445 e. The van der Waals surface area contributed by atoms with E-state index >= 15 is 0 Å². The van der Waals surface area contributed by atoms with Gasteiger partial charge in [0.2, 0.25) is 0 Å². The van der Waals surface area contributed by atoms with Crippen LogP contribution in [0.25, 0.3) is 0 Å². The van der Waals surface area contributed by atoms with Crippen LogP contribution in [0.4, 0.5) is 0 Å². The first kappa shape index (κ1) is 15.1. The number of hydrogen-bond donors (Lipinski definition) is 0. The monoisotopic (exact) mass is 362 g/mol. The molecule has 2 aromatic carbocycles. The van der Waals surface area contributed by atoms with Gasteiger partial charge in [-0.2, -0.15) is 0 Å². The van der Waals surface area contributed by atoms with E-state index in [4.69, 9.17) is 55.9 Å². The van der Waals surface area contributed by atoms with E-state index in [0.717, 1.165) is 16.7 Å². The van der Waals surface area contributed by atoms with Gasteiger partial charge >= 0.3 is 0 Å². The molecule has 0 saturated carbocycles. The fourth-order valence-electron chi connectivity index (χ4n) is 2.32. The van der Waals surface area contributed by atoms with Crippen LogP contribution in [0, 0.1) is 13.8 Å². The van der Waals surface area contributed by atoms with Gasteiger partial charge in [-0.05, 0) is 26.0 Å². The lowest BCUT2D eigenvalue weighted by atomic mass is 10.1. The molecule has 0 atom stereocenters. The van der Waals surface area contributed by atoms with Gasteiger partial charge < -0.3 is 9.47 Å². The lowest BCUT2D eigenvalue weighted by Gasteiger charge is -2.12. The van der Waals surface area contributed by atoms with Crippen molar-refractivity contribution in [3.05, 3.63) is 55.0 Å². The summed E-state index contributed by atoms with van der Waals surface area (Å²) in [6.45, 7) is 4.01. The summed E-state index contributed by atoms with van der Waals surface area (Å²) in [5, 5.41) is 0.722. The molecule has 1 aliphatic heterocycles. The van der Waals surface area contributed by atoms with E-state index in [1.165, 1.54) is 0 Å². The molecule has 6 heteroatoms. The number of aryl methyl sites for hydroxylation is 2. The van der Waals surface area contributed by atoms with Gasteiger partial charge in [-0.3, -0.25) is 0 Å². The van der Waals surface area contributed by atoms with Crippen LogP contribution in [-0.4, -0.2) is 0 Å². The number of rotatable bonds is 1. The Morgan fingerprint density at radius 2 is 1.14 bits per heavy atom. The Kier molecular flexibility index (Phi) is 3.91. The molecule has 0 aromatic heterocycles. The highest BCUT2D eigenvalue weighted by molar-refractivity contribution is 6.53. The Bertz CT molecular complexity index is 686. The molecule has 0 spiro atoms. The quantitative estimate of drug-likeness (QED) is 0.431. The van der Waals surface area contributed by atoms with Crippen LogP contribution in [0.15, 0.2) is 18.2 Å². The number of benzene rings is 2. The molecule has 21 heavy (non-hydrogen) atoms. The van der Waals surface area contributed by atoms with E-state index in [9.17, 15) is 0 Å². The fraction of sp³-hybridized carbons (Fsp3) is 0.200. The Morgan fingerprint density at radius 3 is 1.57 bits per heavy atom. The van der Waals surface area contributed by atoms with E-state index in [-0.39, 0.29) is 20.1 Å². The summed E-state index contributed by atoms with van der Waals surface area (Å²) in [7, 11) is 0. The second-order valence-corrected chi connectivity index (χ2v) is 6.41. The molecule has 0 N–H and O–H groups in total. The molecule has 0 fully saturated rings. The van der Waals surface area contributed by atoms with Crippen molar-refractivity contribution in [1.29, 1.82) is 0 Å². The minimum Gasteiger partial charge on any atom is -0.445 e. The lowest BCUT2D eigenvalue weighted by Crippen LogP contribution is -2.08. The number of ether oxygens (including phenoxy) is 2. The van der Waals surface area contributed by atoms with Crippen LogP contribution in [-0.2, 0) is 0 Å². The summed E-state index contributed by atoms with van der Waals surface area (Å²) in [5.41, 5.74) is 3.10. The van der Waals surface area contributed by atoms with Gasteiger partial charge in [-0.15, -0.1) is 0 Å². The molecule has 0 saturated heterocycles. The van der Waals surface area contributed by atoms with E-state index in [1.807, 2.05) is 26.0 Å². The highest BCUT2D eigenvalue weighted by Crippen LogP contribution is 2.55. The van der Waals surface area contributed by atoms with Crippen LogP contribution in [0.1, 0.15) is 23.0 Å². The highest BCUT2D eigenvalue weighted by Gasteiger charge is 2.33. The molecular formula is C15H10Cl4O2. The van der Waals surface area contributed by atoms with Crippen molar-refractivity contribution >= 4 is 46.4 Å². The van der Waals surface area contributed by atoms with Gasteiger partial charge in [0, 0.05) is 5.56 Å². The average Bonchev–Trinajstić information content (AvgIpc) is 2.87. The molecule has 0 aliphatic carbocycles. The topological polar surface area (TPSA) is 18.5 Å². The van der Waals surface area contributed by atoms with Crippen LogP contribution in [0.3, 0.4) is 0 Å². The van der Waals surface area contributed by atoms with Crippen molar-refractivity contribution in [2.75, 3.05) is 0 Å². The third-order valence-corrected chi connectivity index (χ3v) is 4.92. The minimum absolute atomic E-state index is 0.159. The summed E-state index contributed by atoms with van der Waals surface area (Å²) in [5.74, 6) is 0.639.